The fourth-order valence-corrected chi connectivity index (χ4v) is 2.37. The molecule has 0 aliphatic carbocycles. The highest BCUT2D eigenvalue weighted by Gasteiger charge is 2.06. The van der Waals surface area contributed by atoms with Crippen LogP contribution in [0.5, 0.6) is 0 Å². The molecule has 0 aliphatic rings. The Morgan fingerprint density at radius 2 is 1.92 bits per heavy atom. The second kappa shape index (κ2) is 6.81. The van der Waals surface area contributed by atoms with Gasteiger partial charge in [0.2, 0.25) is 0 Å². The molecule has 5 heteroatoms. The van der Waals surface area contributed by atoms with Crippen LogP contribution in [-0.4, -0.2) is 16.0 Å². The first-order valence-corrected chi connectivity index (χ1v) is 7.70. The quantitative estimate of drug-likeness (QED) is 0.532. The number of hydrogen-bond donors (Lipinski definition) is 1. The van der Waals surface area contributed by atoms with Gasteiger partial charge >= 0.3 is 0 Å². The Hall–Kier alpha value is -2.72. The number of aromatic amines is 1. The van der Waals surface area contributed by atoms with Gasteiger partial charge in [-0.1, -0.05) is 11.6 Å². The van der Waals surface area contributed by atoms with Crippen LogP contribution in [-0.2, 0) is 0 Å². The van der Waals surface area contributed by atoms with Crippen LogP contribution in [0, 0.1) is 12.7 Å². The van der Waals surface area contributed by atoms with Crippen LogP contribution in [0.2, 0.25) is 5.02 Å². The average molecular weight is 341 g/mol. The van der Waals surface area contributed by atoms with E-state index in [1.807, 2.05) is 6.92 Å². The predicted molar refractivity (Wildman–Crippen MR) is 93.5 cm³/mol. The van der Waals surface area contributed by atoms with Crippen molar-refractivity contribution in [1.29, 1.82) is 0 Å². The second-order valence-corrected chi connectivity index (χ2v) is 5.78. The SMILES string of the molecule is Cc1cc(C(=O)/C=C/c2cc(-c3ccc(F)cc3)n[nH]2)ccc1Cl. The van der Waals surface area contributed by atoms with Gasteiger partial charge < -0.3 is 0 Å². The molecule has 0 unspecified atom stereocenters. The summed E-state index contributed by atoms with van der Waals surface area (Å²) in [5.41, 5.74) is 3.60. The number of rotatable bonds is 4. The van der Waals surface area contributed by atoms with Crippen molar-refractivity contribution >= 4 is 23.5 Å². The summed E-state index contributed by atoms with van der Waals surface area (Å²) < 4.78 is 12.9. The van der Waals surface area contributed by atoms with Crippen molar-refractivity contribution in [2.75, 3.05) is 0 Å². The number of nitrogens with zero attached hydrogens (tertiary/aromatic N) is 1. The summed E-state index contributed by atoms with van der Waals surface area (Å²) in [6.45, 7) is 1.85. The fraction of sp³-hybridized carbons (Fsp3) is 0.0526. The van der Waals surface area contributed by atoms with E-state index in [2.05, 4.69) is 10.2 Å². The number of aryl methyl sites for hydroxylation is 1. The van der Waals surface area contributed by atoms with Crippen LogP contribution in [0.3, 0.4) is 0 Å². The lowest BCUT2D eigenvalue weighted by Gasteiger charge is -2.00. The van der Waals surface area contributed by atoms with Crippen molar-refractivity contribution in [3.05, 3.63) is 82.3 Å². The molecule has 1 N–H and O–H groups in total. The van der Waals surface area contributed by atoms with E-state index in [1.54, 1.807) is 42.5 Å². The number of hydrogen-bond acceptors (Lipinski definition) is 2. The smallest absolute Gasteiger partial charge is 0.185 e. The van der Waals surface area contributed by atoms with Crippen molar-refractivity contribution in [2.24, 2.45) is 0 Å². The van der Waals surface area contributed by atoms with E-state index in [0.29, 0.717) is 22.0 Å². The highest BCUT2D eigenvalue weighted by atomic mass is 35.5. The molecule has 0 aliphatic heterocycles. The number of ketones is 1. The number of carbonyl (C=O) groups excluding carboxylic acids is 1. The van der Waals surface area contributed by atoms with Gasteiger partial charge in [-0.25, -0.2) is 4.39 Å². The third-order valence-corrected chi connectivity index (χ3v) is 4.02. The maximum atomic E-state index is 12.9. The van der Waals surface area contributed by atoms with E-state index in [4.69, 9.17) is 11.6 Å². The van der Waals surface area contributed by atoms with Gasteiger partial charge in [-0.15, -0.1) is 0 Å². The van der Waals surface area contributed by atoms with Gasteiger partial charge in [0, 0.05) is 16.1 Å². The molecular weight excluding hydrogens is 327 g/mol. The molecule has 3 aromatic rings. The minimum atomic E-state index is -0.293. The fourth-order valence-electron chi connectivity index (χ4n) is 2.25. The van der Waals surface area contributed by atoms with Gasteiger partial charge in [0.1, 0.15) is 5.82 Å². The van der Waals surface area contributed by atoms with Crippen LogP contribution in [0.1, 0.15) is 21.6 Å². The van der Waals surface area contributed by atoms with E-state index < -0.39 is 0 Å². The third kappa shape index (κ3) is 3.60. The molecule has 24 heavy (non-hydrogen) atoms. The molecule has 0 bridgehead atoms. The van der Waals surface area contributed by atoms with E-state index in [9.17, 15) is 9.18 Å². The summed E-state index contributed by atoms with van der Waals surface area (Å²) in [6.07, 6.45) is 3.14. The first kappa shape index (κ1) is 16.1. The Bertz CT molecular complexity index is 913. The molecule has 2 aromatic carbocycles. The molecule has 1 aromatic heterocycles. The van der Waals surface area contributed by atoms with Crippen molar-refractivity contribution in [3.63, 3.8) is 0 Å². The Morgan fingerprint density at radius 1 is 1.17 bits per heavy atom. The number of allylic oxidation sites excluding steroid dienone is 1. The summed E-state index contributed by atoms with van der Waals surface area (Å²) in [7, 11) is 0. The van der Waals surface area contributed by atoms with Gasteiger partial charge in [-0.3, -0.25) is 9.89 Å². The van der Waals surface area contributed by atoms with Gasteiger partial charge in [-0.2, -0.15) is 5.10 Å². The third-order valence-electron chi connectivity index (χ3n) is 3.59. The lowest BCUT2D eigenvalue weighted by molar-refractivity contribution is 0.104. The summed E-state index contributed by atoms with van der Waals surface area (Å²) in [5.74, 6) is -0.411. The normalized spacial score (nSPS) is 11.1. The van der Waals surface area contributed by atoms with Crippen LogP contribution in [0.4, 0.5) is 4.39 Å². The van der Waals surface area contributed by atoms with Crippen molar-refractivity contribution in [1.82, 2.24) is 10.2 Å². The molecule has 0 radical (unpaired) electrons. The van der Waals surface area contributed by atoms with Gasteiger partial charge in [0.05, 0.1) is 11.4 Å². The minimum absolute atomic E-state index is 0.118. The molecule has 120 valence electrons. The summed E-state index contributed by atoms with van der Waals surface area (Å²) in [5, 5.41) is 7.64. The average Bonchev–Trinajstić information content (AvgIpc) is 3.05. The lowest BCUT2D eigenvalue weighted by atomic mass is 10.1. The zero-order valence-electron chi connectivity index (χ0n) is 12.9. The van der Waals surface area contributed by atoms with E-state index in [-0.39, 0.29) is 11.6 Å². The maximum Gasteiger partial charge on any atom is 0.185 e. The highest BCUT2D eigenvalue weighted by Crippen LogP contribution is 2.19. The predicted octanol–water partition coefficient (Wildman–Crippen LogP) is 5.07. The summed E-state index contributed by atoms with van der Waals surface area (Å²) >= 11 is 5.96. The number of nitrogens with one attached hydrogen (secondary N) is 1. The van der Waals surface area contributed by atoms with E-state index in [0.717, 1.165) is 11.1 Å². The summed E-state index contributed by atoms with van der Waals surface area (Å²) in [4.78, 5) is 12.2. The Labute approximate surface area is 143 Å². The topological polar surface area (TPSA) is 45.8 Å². The second-order valence-electron chi connectivity index (χ2n) is 5.38. The zero-order chi connectivity index (χ0) is 17.1. The van der Waals surface area contributed by atoms with Crippen molar-refractivity contribution < 1.29 is 9.18 Å². The molecule has 0 saturated heterocycles. The molecule has 0 spiro atoms. The molecular formula is C19H14ClFN2O. The minimum Gasteiger partial charge on any atom is -0.289 e. The zero-order valence-corrected chi connectivity index (χ0v) is 13.6. The number of benzene rings is 2. The number of halogens is 2. The molecule has 0 fully saturated rings. The van der Waals surface area contributed by atoms with Gasteiger partial charge in [-0.05, 0) is 73.2 Å². The first-order valence-electron chi connectivity index (χ1n) is 7.33. The first-order chi connectivity index (χ1) is 11.5. The standard InChI is InChI=1S/C19H14ClFN2O/c1-12-10-14(4-8-17(12)20)19(24)9-7-16-11-18(23-22-16)13-2-5-15(21)6-3-13/h2-11H,1H3,(H,22,23)/b9-7+. The van der Waals surface area contributed by atoms with Crippen LogP contribution in [0.25, 0.3) is 17.3 Å². The number of carbonyl (C=O) groups is 1. The Kier molecular flexibility index (Phi) is 4.58. The molecule has 0 amide bonds. The maximum absolute atomic E-state index is 12.9. The molecule has 1 heterocycles. The monoisotopic (exact) mass is 340 g/mol. The van der Waals surface area contributed by atoms with Gasteiger partial charge in [0.25, 0.3) is 0 Å². The largest absolute Gasteiger partial charge is 0.289 e. The van der Waals surface area contributed by atoms with Crippen molar-refractivity contribution in [3.8, 4) is 11.3 Å². The Balaban J connectivity index is 1.76. The highest BCUT2D eigenvalue weighted by molar-refractivity contribution is 6.31. The van der Waals surface area contributed by atoms with Crippen LogP contribution >= 0.6 is 11.6 Å². The molecule has 3 nitrogen and oxygen atoms in total. The van der Waals surface area contributed by atoms with Crippen LogP contribution in [0.15, 0.2) is 54.6 Å². The van der Waals surface area contributed by atoms with Gasteiger partial charge in [0.15, 0.2) is 5.78 Å². The molecule has 0 atom stereocenters. The number of aromatic nitrogens is 2. The lowest BCUT2D eigenvalue weighted by Crippen LogP contribution is -1.94. The van der Waals surface area contributed by atoms with Crippen LogP contribution < -0.4 is 0 Å². The number of H-pyrrole nitrogens is 1. The molecule has 0 saturated carbocycles. The molecule has 3 rings (SSSR count). The van der Waals surface area contributed by atoms with E-state index >= 15 is 0 Å². The summed E-state index contributed by atoms with van der Waals surface area (Å²) in [6, 6.07) is 13.0. The van der Waals surface area contributed by atoms with E-state index in [1.165, 1.54) is 18.2 Å². The van der Waals surface area contributed by atoms with Crippen molar-refractivity contribution in [2.45, 2.75) is 6.92 Å². The Morgan fingerprint density at radius 3 is 2.62 bits per heavy atom.